The van der Waals surface area contributed by atoms with Gasteiger partial charge in [-0.1, -0.05) is 42.5 Å². The van der Waals surface area contributed by atoms with Crippen LogP contribution in [0.25, 0.3) is 0 Å². The number of nitrogens with zero attached hydrogens (tertiary/aromatic N) is 1. The second-order valence-electron chi connectivity index (χ2n) is 7.64. The van der Waals surface area contributed by atoms with Crippen molar-refractivity contribution in [1.29, 1.82) is 0 Å². The molecule has 2 heterocycles. The summed E-state index contributed by atoms with van der Waals surface area (Å²) in [5.74, 6) is 0.729. The molecule has 1 N–H and O–H groups in total. The Kier molecular flexibility index (Phi) is 6.01. The highest BCUT2D eigenvalue weighted by Gasteiger charge is 2.31. The number of para-hydroxylation sites is 1. The highest BCUT2D eigenvalue weighted by Crippen LogP contribution is 2.37. The summed E-state index contributed by atoms with van der Waals surface area (Å²) in [5.41, 5.74) is 2.24. The molecule has 1 saturated heterocycles. The van der Waals surface area contributed by atoms with Crippen LogP contribution in [-0.4, -0.2) is 35.1 Å². The van der Waals surface area contributed by atoms with E-state index in [1.165, 1.54) is 23.7 Å². The smallest absolute Gasteiger partial charge is 0.238 e. The number of amides is 2. The van der Waals surface area contributed by atoms with Crippen LogP contribution < -0.4 is 5.32 Å². The van der Waals surface area contributed by atoms with E-state index >= 15 is 0 Å². The highest BCUT2D eigenvalue weighted by molar-refractivity contribution is 8.01. The minimum atomic E-state index is -0.335. The molecule has 0 radical (unpaired) electrons. The molecule has 1 fully saturated rings. The summed E-state index contributed by atoms with van der Waals surface area (Å²) >= 11 is 1.50. The average Bonchev–Trinajstić information content (AvgIpc) is 2.74. The number of nitrogens with one attached hydrogen (secondary N) is 1. The Morgan fingerprint density at radius 1 is 1.04 bits per heavy atom. The number of anilines is 1. The molecule has 0 aromatic heterocycles. The van der Waals surface area contributed by atoms with Crippen molar-refractivity contribution >= 4 is 29.3 Å². The minimum Gasteiger partial charge on any atom is -0.343 e. The summed E-state index contributed by atoms with van der Waals surface area (Å²) in [6.07, 6.45) is 4.69. The summed E-state index contributed by atoms with van der Waals surface area (Å²) in [6, 6.07) is 18.4. The van der Waals surface area contributed by atoms with E-state index in [0.717, 1.165) is 42.9 Å². The molecule has 146 valence electrons. The number of carbonyl (C=O) groups is 2. The topological polar surface area (TPSA) is 49.4 Å². The van der Waals surface area contributed by atoms with Gasteiger partial charge in [0.2, 0.25) is 11.8 Å². The van der Waals surface area contributed by atoms with Crippen molar-refractivity contribution in [3.05, 3.63) is 60.2 Å². The number of benzene rings is 2. The minimum absolute atomic E-state index is 0.0604. The standard InChI is InChI=1S/C23H26N2O2S/c26-22(16-21-23(27)24-19-8-4-5-9-20(19)28-21)25-14-12-18(13-15-25)11-10-17-6-2-1-3-7-17/h1-9,18,21H,10-16H2,(H,24,27). The van der Waals surface area contributed by atoms with Crippen LogP contribution in [0.4, 0.5) is 5.69 Å². The Bertz CT molecular complexity index is 832. The van der Waals surface area contributed by atoms with Gasteiger partial charge in [-0.25, -0.2) is 0 Å². The van der Waals surface area contributed by atoms with Gasteiger partial charge in [-0.2, -0.15) is 0 Å². The SMILES string of the molecule is O=C1Nc2ccccc2SC1CC(=O)N1CCC(CCc2ccccc2)CC1. The fraction of sp³-hybridized carbons (Fsp3) is 0.391. The third-order valence-electron chi connectivity index (χ3n) is 5.72. The zero-order valence-corrected chi connectivity index (χ0v) is 16.8. The Morgan fingerprint density at radius 3 is 2.54 bits per heavy atom. The molecule has 28 heavy (non-hydrogen) atoms. The van der Waals surface area contributed by atoms with Crippen LogP contribution in [0.15, 0.2) is 59.5 Å². The lowest BCUT2D eigenvalue weighted by atomic mass is 9.90. The first kappa shape index (κ1) is 19.1. The Labute approximate surface area is 170 Å². The van der Waals surface area contributed by atoms with Gasteiger partial charge in [-0.3, -0.25) is 9.59 Å². The Balaban J connectivity index is 1.25. The van der Waals surface area contributed by atoms with Gasteiger partial charge in [-0.15, -0.1) is 11.8 Å². The van der Waals surface area contributed by atoms with Crippen molar-refractivity contribution < 1.29 is 9.59 Å². The molecule has 1 atom stereocenters. The largest absolute Gasteiger partial charge is 0.343 e. The number of thioether (sulfide) groups is 1. The Morgan fingerprint density at radius 2 is 1.75 bits per heavy atom. The number of hydrogen-bond donors (Lipinski definition) is 1. The summed E-state index contributed by atoms with van der Waals surface area (Å²) in [7, 11) is 0. The molecular weight excluding hydrogens is 368 g/mol. The van der Waals surface area contributed by atoms with Crippen LogP contribution >= 0.6 is 11.8 Å². The number of aryl methyl sites for hydroxylation is 1. The van der Waals surface area contributed by atoms with Crippen LogP contribution in [0, 0.1) is 5.92 Å². The molecule has 1 unspecified atom stereocenters. The maximum atomic E-state index is 12.7. The van der Waals surface area contributed by atoms with E-state index in [4.69, 9.17) is 0 Å². The van der Waals surface area contributed by atoms with Gasteiger partial charge in [0, 0.05) is 24.4 Å². The van der Waals surface area contributed by atoms with Crippen molar-refractivity contribution in [2.24, 2.45) is 5.92 Å². The predicted octanol–water partition coefficient (Wildman–Crippen LogP) is 4.36. The molecule has 2 aromatic carbocycles. The number of carbonyl (C=O) groups excluding carboxylic acids is 2. The number of piperidine rings is 1. The maximum Gasteiger partial charge on any atom is 0.238 e. The second-order valence-corrected chi connectivity index (χ2v) is 8.89. The predicted molar refractivity (Wildman–Crippen MR) is 113 cm³/mol. The lowest BCUT2D eigenvalue weighted by Gasteiger charge is -2.33. The molecule has 0 aliphatic carbocycles. The molecule has 2 amide bonds. The van der Waals surface area contributed by atoms with Crippen LogP contribution in [0.1, 0.15) is 31.2 Å². The van der Waals surface area contributed by atoms with Crippen molar-refractivity contribution in [3.8, 4) is 0 Å². The van der Waals surface area contributed by atoms with Gasteiger partial charge in [0.05, 0.1) is 10.9 Å². The summed E-state index contributed by atoms with van der Waals surface area (Å²) in [4.78, 5) is 28.1. The molecule has 4 nitrogen and oxygen atoms in total. The average molecular weight is 395 g/mol. The lowest BCUT2D eigenvalue weighted by molar-refractivity contribution is -0.133. The quantitative estimate of drug-likeness (QED) is 0.820. The van der Waals surface area contributed by atoms with E-state index in [9.17, 15) is 9.59 Å². The summed E-state index contributed by atoms with van der Waals surface area (Å²) in [5, 5.41) is 2.59. The van der Waals surface area contributed by atoms with Gasteiger partial charge in [0.25, 0.3) is 0 Å². The van der Waals surface area contributed by atoms with Crippen LogP contribution in [-0.2, 0) is 16.0 Å². The maximum absolute atomic E-state index is 12.7. The van der Waals surface area contributed by atoms with E-state index in [-0.39, 0.29) is 23.5 Å². The molecule has 2 aromatic rings. The Hall–Kier alpha value is -2.27. The molecular formula is C23H26N2O2S. The first-order chi connectivity index (χ1) is 13.7. The van der Waals surface area contributed by atoms with E-state index in [0.29, 0.717) is 5.92 Å². The van der Waals surface area contributed by atoms with Crippen molar-refractivity contribution in [2.45, 2.75) is 42.2 Å². The molecule has 2 aliphatic heterocycles. The van der Waals surface area contributed by atoms with Gasteiger partial charge in [0.15, 0.2) is 0 Å². The molecule has 0 bridgehead atoms. The summed E-state index contributed by atoms with van der Waals surface area (Å²) in [6.45, 7) is 1.63. The first-order valence-corrected chi connectivity index (χ1v) is 11.0. The number of hydrogen-bond acceptors (Lipinski definition) is 3. The monoisotopic (exact) mass is 394 g/mol. The fourth-order valence-electron chi connectivity index (χ4n) is 4.00. The number of likely N-dealkylation sites (tertiary alicyclic amines) is 1. The van der Waals surface area contributed by atoms with Gasteiger partial charge in [0.1, 0.15) is 0 Å². The third kappa shape index (κ3) is 4.58. The zero-order valence-electron chi connectivity index (χ0n) is 16.0. The van der Waals surface area contributed by atoms with Crippen LogP contribution in [0.2, 0.25) is 0 Å². The third-order valence-corrected chi connectivity index (χ3v) is 6.99. The molecule has 0 spiro atoms. The van der Waals surface area contributed by atoms with Crippen molar-refractivity contribution in [2.75, 3.05) is 18.4 Å². The number of rotatable bonds is 5. The molecule has 0 saturated carbocycles. The fourth-order valence-corrected chi connectivity index (χ4v) is 5.10. The normalized spacial score (nSPS) is 19.8. The lowest BCUT2D eigenvalue weighted by Crippen LogP contribution is -2.41. The second kappa shape index (κ2) is 8.82. The highest BCUT2D eigenvalue weighted by atomic mass is 32.2. The summed E-state index contributed by atoms with van der Waals surface area (Å²) < 4.78 is 0. The zero-order chi connectivity index (χ0) is 19.3. The molecule has 4 rings (SSSR count). The van der Waals surface area contributed by atoms with Gasteiger partial charge < -0.3 is 10.2 Å². The van der Waals surface area contributed by atoms with E-state index in [2.05, 4.69) is 35.6 Å². The van der Waals surface area contributed by atoms with Gasteiger partial charge in [-0.05, 0) is 49.3 Å². The van der Waals surface area contributed by atoms with Crippen molar-refractivity contribution in [3.63, 3.8) is 0 Å². The molecule has 5 heteroatoms. The van der Waals surface area contributed by atoms with E-state index < -0.39 is 0 Å². The first-order valence-electron chi connectivity index (χ1n) is 10.1. The van der Waals surface area contributed by atoms with E-state index in [1.807, 2.05) is 29.2 Å². The van der Waals surface area contributed by atoms with E-state index in [1.54, 1.807) is 0 Å². The van der Waals surface area contributed by atoms with Gasteiger partial charge >= 0.3 is 0 Å². The number of fused-ring (bicyclic) bond motifs is 1. The molecule has 2 aliphatic rings. The van der Waals surface area contributed by atoms with Crippen LogP contribution in [0.5, 0.6) is 0 Å². The van der Waals surface area contributed by atoms with Crippen molar-refractivity contribution in [1.82, 2.24) is 4.90 Å². The van der Waals surface area contributed by atoms with Crippen LogP contribution in [0.3, 0.4) is 0 Å².